The summed E-state index contributed by atoms with van der Waals surface area (Å²) in [6.07, 6.45) is 3.53. The second-order valence-corrected chi connectivity index (χ2v) is 29.3. The standard InChI is InChI=1S/C19H14N2.C14H10F2N3.C14H12N3.C13H6F6N.C13H11F2N2.C12H8F2N.C11H6F2N.C10H10N2.8Ir/c1-3-9-16(10-4-1)20-15-21(17-11-5-2-6-12-17)19-14-8-7-13-18(19)20;1-17-14-11(15)5-4-10(13(14)16)12-8-9(19(2)3)6-7-18-12;1-15-12-6-4-5-11(9-12)14-10-13(17(2)3)7-8-16-14;14-12(15,16)9-5-8(11-3-1-2-4-20-11)6-10(7-9)13(17,18)19;1-17(2)10-4-6-13(16-8-10)11-5-3-9(14)7-12(11)15;1-8-3-2-6-15-12(8)10-5-4-9(13)7-11(10)14;12-8-4-5-9(10(13)7-8)11-3-1-2-6-14-11;1-11-7-8-12(9-11)10-5-3-2-4-6-10;;;;;;;;/h1-11,13-15H;5-8H,2-3H3;4,6-10H,2-3H3;1-5,7H;3-4,6-8H,1-2H3;2-4,6-7H,1H3;1-4,6-7H;2-5,7-9H,1H3;;;;;;;;/q-2;6*-1;-2;;;;;;;;. The van der Waals surface area contributed by atoms with Crippen LogP contribution in [0.2, 0.25) is 0 Å². The smallest absolute Gasteiger partial charge is 0.399 e. The van der Waals surface area contributed by atoms with E-state index in [1.165, 1.54) is 42.0 Å². The Morgan fingerprint density at radius 1 is 0.371 bits per heavy atom. The topological polar surface area (TPSA) is 109 Å². The first-order valence-corrected chi connectivity index (χ1v) is 40.4. The Labute approximate surface area is 928 Å². The number of fused-ring (bicyclic) bond motifs is 1. The zero-order valence-corrected chi connectivity index (χ0v) is 94.9. The summed E-state index contributed by atoms with van der Waals surface area (Å²) in [7, 11) is 13.4. The van der Waals surface area contributed by atoms with E-state index in [1.54, 1.807) is 85.5 Å². The van der Waals surface area contributed by atoms with Crippen LogP contribution in [0.1, 0.15) is 16.7 Å². The molecule has 0 spiro atoms. The maximum absolute atomic E-state index is 14.0. The van der Waals surface area contributed by atoms with Crippen molar-refractivity contribution in [2.75, 3.05) is 78.7 Å². The molecule has 0 amide bonds. The number of benzene rings is 10. The van der Waals surface area contributed by atoms with Gasteiger partial charge in [0.15, 0.2) is 5.69 Å². The first-order valence-electron chi connectivity index (χ1n) is 40.4. The van der Waals surface area contributed by atoms with E-state index in [0.717, 1.165) is 93.4 Å². The quantitative estimate of drug-likeness (QED) is 0.0856. The van der Waals surface area contributed by atoms with E-state index >= 15 is 0 Å². The van der Waals surface area contributed by atoms with Gasteiger partial charge in [-0.15, -0.1) is 120 Å². The Morgan fingerprint density at radius 2 is 0.867 bits per heavy atom. The van der Waals surface area contributed by atoms with Crippen LogP contribution in [-0.2, 0) is 173 Å². The van der Waals surface area contributed by atoms with Crippen molar-refractivity contribution in [3.8, 4) is 67.5 Å². The molecule has 0 bridgehead atoms. The van der Waals surface area contributed by atoms with Gasteiger partial charge in [0.25, 0.3) is 0 Å². The molecular formula is C106H77F14Ir8N15-10. The van der Waals surface area contributed by atoms with E-state index in [9.17, 15) is 61.5 Å². The fraction of sp³-hybridized carbons (Fsp3) is 0.0943. The Morgan fingerprint density at radius 3 is 1.35 bits per heavy atom. The predicted molar refractivity (Wildman–Crippen MR) is 497 cm³/mol. The van der Waals surface area contributed by atoms with Gasteiger partial charge in [0, 0.05) is 315 Å². The molecule has 0 aliphatic carbocycles. The zero-order valence-electron chi connectivity index (χ0n) is 75.8. The van der Waals surface area contributed by atoms with Crippen LogP contribution < -0.4 is 29.4 Å². The number of nitrogens with zero attached hydrogens (tertiary/aromatic N) is 15. The third-order valence-corrected chi connectivity index (χ3v) is 19.1. The minimum atomic E-state index is -4.91. The number of anilines is 8. The maximum Gasteiger partial charge on any atom is 0.399 e. The largest absolute Gasteiger partial charge is 0.510 e. The molecule has 0 unspecified atom stereocenters. The van der Waals surface area contributed by atoms with Gasteiger partial charge in [-0.05, 0) is 132 Å². The number of aromatic nitrogens is 6. The molecule has 2 aliphatic rings. The monoisotopic (exact) mass is 3370 g/mol. The van der Waals surface area contributed by atoms with E-state index in [4.69, 9.17) is 13.1 Å². The third kappa shape index (κ3) is 36.4. The number of hydrogen-bond acceptors (Lipinski definition) is 13. The number of rotatable bonds is 12. The van der Waals surface area contributed by atoms with E-state index < -0.39 is 75.7 Å². The van der Waals surface area contributed by atoms with Gasteiger partial charge in [0.2, 0.25) is 0 Å². The molecule has 0 N–H and O–H groups in total. The second kappa shape index (κ2) is 61.0. The van der Waals surface area contributed by atoms with E-state index in [0.29, 0.717) is 34.5 Å². The second-order valence-electron chi connectivity index (χ2n) is 29.3. The number of pyridine rings is 6. The van der Waals surface area contributed by atoms with E-state index in [2.05, 4.69) is 153 Å². The van der Waals surface area contributed by atoms with Crippen molar-refractivity contribution < 1.29 is 222 Å². The molecular weight excluding hydrogens is 3290 g/mol. The summed E-state index contributed by atoms with van der Waals surface area (Å²) in [5.74, 6) is -5.71. The molecule has 0 fully saturated rings. The van der Waals surface area contributed by atoms with Crippen LogP contribution >= 0.6 is 0 Å². The van der Waals surface area contributed by atoms with Gasteiger partial charge in [-0.2, -0.15) is 99.7 Å². The molecule has 10 aromatic carbocycles. The van der Waals surface area contributed by atoms with Gasteiger partial charge < -0.3 is 64.2 Å². The van der Waals surface area contributed by atoms with Crippen LogP contribution in [0, 0.1) is 128 Å². The fourth-order valence-corrected chi connectivity index (χ4v) is 12.4. The maximum atomic E-state index is 14.0. The number of alkyl halides is 6. The van der Waals surface area contributed by atoms with Gasteiger partial charge in [-0.3, -0.25) is 44.8 Å². The molecule has 0 saturated carbocycles. The van der Waals surface area contributed by atoms with Crippen LogP contribution in [0.4, 0.5) is 118 Å². The Bertz CT molecular complexity index is 6660. The number of halogens is 14. The van der Waals surface area contributed by atoms with E-state index in [-0.39, 0.29) is 200 Å². The Balaban J connectivity index is 0.000000419. The summed E-state index contributed by atoms with van der Waals surface area (Å²) < 4.78 is 181. The molecule has 8 heterocycles. The van der Waals surface area contributed by atoms with Crippen molar-refractivity contribution in [3.63, 3.8) is 0 Å². The summed E-state index contributed by atoms with van der Waals surface area (Å²) in [6, 6.07) is 92.8. The summed E-state index contributed by atoms with van der Waals surface area (Å²) in [5, 5.41) is 0. The molecule has 756 valence electrons. The van der Waals surface area contributed by atoms with Gasteiger partial charge in [-0.1, -0.05) is 119 Å². The molecule has 15 nitrogen and oxygen atoms in total. The van der Waals surface area contributed by atoms with Gasteiger partial charge in [0.1, 0.15) is 5.69 Å². The molecule has 16 aromatic rings. The Kier molecular flexibility index (Phi) is 53.7. The van der Waals surface area contributed by atoms with Crippen molar-refractivity contribution in [2.45, 2.75) is 19.3 Å². The third-order valence-electron chi connectivity index (χ3n) is 19.1. The van der Waals surface area contributed by atoms with Crippen LogP contribution in [0.5, 0.6) is 0 Å². The van der Waals surface area contributed by atoms with Crippen molar-refractivity contribution >= 4 is 56.9 Å². The van der Waals surface area contributed by atoms with Crippen molar-refractivity contribution in [3.05, 3.63) is 458 Å². The van der Waals surface area contributed by atoms with Gasteiger partial charge in [-0.25, -0.2) is 0 Å². The van der Waals surface area contributed by atoms with Gasteiger partial charge in [0.05, 0.1) is 18.8 Å². The number of para-hydroxylation sites is 5. The fourth-order valence-electron chi connectivity index (χ4n) is 12.4. The number of aryl methyl sites for hydroxylation is 1. The average molecular weight is 3360 g/mol. The molecule has 37 heteroatoms. The van der Waals surface area contributed by atoms with Gasteiger partial charge >= 0.3 is 12.4 Å². The molecule has 18 rings (SSSR count). The summed E-state index contributed by atoms with van der Waals surface area (Å²) in [4.78, 5) is 44.6. The first-order chi connectivity index (χ1) is 64.7. The molecule has 2 aliphatic heterocycles. The molecule has 143 heavy (non-hydrogen) atoms. The average Bonchev–Trinajstić information content (AvgIpc) is 1.67. The predicted octanol–water partition coefficient (Wildman–Crippen LogP) is 26.8. The van der Waals surface area contributed by atoms with Crippen molar-refractivity contribution in [2.24, 2.45) is 0 Å². The molecule has 0 atom stereocenters. The number of hydrogen-bond donors (Lipinski definition) is 0. The summed E-state index contributed by atoms with van der Waals surface area (Å²) in [6.45, 7) is 19.7. The van der Waals surface area contributed by atoms with E-state index in [1.807, 2.05) is 179 Å². The van der Waals surface area contributed by atoms with Crippen LogP contribution in [0.15, 0.2) is 310 Å². The molecule has 6 aromatic heterocycles. The van der Waals surface area contributed by atoms with Crippen molar-refractivity contribution in [1.29, 1.82) is 0 Å². The first kappa shape index (κ1) is 126. The van der Waals surface area contributed by atoms with Crippen molar-refractivity contribution in [1.82, 2.24) is 34.8 Å². The normalized spacial score (nSPS) is 10.8. The van der Waals surface area contributed by atoms with Crippen LogP contribution in [0.25, 0.3) is 77.2 Å². The van der Waals surface area contributed by atoms with Crippen LogP contribution in [0.3, 0.4) is 0 Å². The summed E-state index contributed by atoms with van der Waals surface area (Å²) in [5.41, 5.74) is 9.96. The SMILES string of the molecule is CN(C)c1ccc(-c2[c-]cc(F)cc2F)nc1.CN1C=CN(c2[c-]cccc2)[CH-]1.Cc1cccnc1-c1[c-]cc(F)cc1F.FC(F)(F)c1[c-]c(-c2ccccn2)cc(C(F)(F)F)c1.Fc1c[c-]c(-c2ccccn2)c(F)c1.[C-]#[N+]c1c(F)c[c-]c(-c2cc(N(C)C)ccn2)c1F.[C-]#[N+]c1cc[c-]c(-c2cc(N(C)C)ccn2)c1.[Ir].[Ir].[Ir].[Ir].[Ir].[Ir].[Ir].[Ir].[c-]1ccccc1N1[CH-]N(c2ccccc2)c2ccccc21. The zero-order chi connectivity index (χ0) is 96.9. The minimum absolute atomic E-state index is 0. The molecule has 8 radical (unpaired) electrons. The summed E-state index contributed by atoms with van der Waals surface area (Å²) >= 11 is 0. The Hall–Kier alpha value is -11.4. The minimum Gasteiger partial charge on any atom is -0.510 e. The van der Waals surface area contributed by atoms with Crippen LogP contribution in [-0.4, -0.2) is 84.1 Å². The molecule has 0 saturated heterocycles.